The highest BCUT2D eigenvalue weighted by Crippen LogP contribution is 2.16. The maximum atomic E-state index is 10.9. The third-order valence-corrected chi connectivity index (χ3v) is 2.06. The third-order valence-electron chi connectivity index (χ3n) is 1.73. The lowest BCUT2D eigenvalue weighted by atomic mass is 10.1. The van der Waals surface area contributed by atoms with E-state index in [1.807, 2.05) is 6.07 Å². The molecular weight excluding hydrogens is 202 g/mol. The summed E-state index contributed by atoms with van der Waals surface area (Å²) in [7, 11) is 1.32. The van der Waals surface area contributed by atoms with Crippen LogP contribution in [0.1, 0.15) is 11.1 Å². The molecule has 0 amide bonds. The van der Waals surface area contributed by atoms with E-state index in [0.29, 0.717) is 10.6 Å². The van der Waals surface area contributed by atoms with E-state index >= 15 is 0 Å². The second kappa shape index (κ2) is 4.64. The standard InChI is InChI=1S/C10H8ClNO2/c1-14-10(13)5-7-2-3-9(11)8(4-7)6-12/h2-4H,5H2,1H3. The predicted octanol–water partition coefficient (Wildman–Crippen LogP) is 1.93. The van der Waals surface area contributed by atoms with E-state index in [2.05, 4.69) is 4.74 Å². The van der Waals surface area contributed by atoms with Crippen molar-refractivity contribution < 1.29 is 9.53 Å². The van der Waals surface area contributed by atoms with Gasteiger partial charge in [0.25, 0.3) is 0 Å². The zero-order valence-electron chi connectivity index (χ0n) is 7.58. The molecule has 1 rings (SSSR count). The summed E-state index contributed by atoms with van der Waals surface area (Å²) in [5, 5.41) is 9.07. The van der Waals surface area contributed by atoms with Gasteiger partial charge in [0.05, 0.1) is 24.1 Å². The number of nitriles is 1. The van der Waals surface area contributed by atoms with Crippen molar-refractivity contribution in [1.82, 2.24) is 0 Å². The number of halogens is 1. The molecule has 0 aliphatic rings. The molecule has 0 unspecified atom stereocenters. The van der Waals surface area contributed by atoms with Crippen molar-refractivity contribution in [1.29, 1.82) is 5.26 Å². The maximum Gasteiger partial charge on any atom is 0.309 e. The molecule has 0 saturated heterocycles. The van der Waals surface area contributed by atoms with E-state index in [4.69, 9.17) is 16.9 Å². The molecule has 72 valence electrons. The second-order valence-electron chi connectivity index (χ2n) is 2.68. The fourth-order valence-electron chi connectivity index (χ4n) is 1.01. The molecule has 1 aromatic rings. The number of esters is 1. The van der Waals surface area contributed by atoms with E-state index in [1.54, 1.807) is 18.2 Å². The summed E-state index contributed by atoms with van der Waals surface area (Å²) in [6.45, 7) is 0. The molecule has 0 spiro atoms. The zero-order valence-corrected chi connectivity index (χ0v) is 8.34. The van der Waals surface area contributed by atoms with Crippen molar-refractivity contribution >= 4 is 17.6 Å². The lowest BCUT2D eigenvalue weighted by molar-refractivity contribution is -0.139. The maximum absolute atomic E-state index is 10.9. The van der Waals surface area contributed by atoms with Crippen molar-refractivity contribution in [3.8, 4) is 6.07 Å². The molecule has 14 heavy (non-hydrogen) atoms. The minimum Gasteiger partial charge on any atom is -0.469 e. The molecule has 0 aliphatic heterocycles. The molecular formula is C10H8ClNO2. The minimum absolute atomic E-state index is 0.155. The highest BCUT2D eigenvalue weighted by atomic mass is 35.5. The number of methoxy groups -OCH3 is 1. The Kier molecular flexibility index (Phi) is 3.49. The van der Waals surface area contributed by atoms with E-state index in [9.17, 15) is 4.79 Å². The van der Waals surface area contributed by atoms with E-state index in [1.165, 1.54) is 7.11 Å². The van der Waals surface area contributed by atoms with Gasteiger partial charge >= 0.3 is 5.97 Å². The van der Waals surface area contributed by atoms with Gasteiger partial charge in [-0.05, 0) is 17.7 Å². The smallest absolute Gasteiger partial charge is 0.309 e. The Morgan fingerprint density at radius 2 is 2.36 bits per heavy atom. The van der Waals surface area contributed by atoms with Gasteiger partial charge in [0.1, 0.15) is 6.07 Å². The second-order valence-corrected chi connectivity index (χ2v) is 3.09. The first kappa shape index (κ1) is 10.6. The van der Waals surface area contributed by atoms with Gasteiger partial charge in [-0.1, -0.05) is 17.7 Å². The molecule has 0 aliphatic carbocycles. The van der Waals surface area contributed by atoms with Crippen LogP contribution in [0.5, 0.6) is 0 Å². The molecule has 0 atom stereocenters. The number of carbonyl (C=O) groups excluding carboxylic acids is 1. The van der Waals surface area contributed by atoms with Gasteiger partial charge in [0, 0.05) is 0 Å². The molecule has 0 bridgehead atoms. The molecule has 0 aromatic heterocycles. The summed E-state index contributed by atoms with van der Waals surface area (Å²) in [5.74, 6) is -0.337. The molecule has 0 saturated carbocycles. The van der Waals surface area contributed by atoms with Gasteiger partial charge in [0.2, 0.25) is 0 Å². The van der Waals surface area contributed by atoms with Crippen LogP contribution >= 0.6 is 11.6 Å². The van der Waals surface area contributed by atoms with Crippen molar-refractivity contribution in [2.75, 3.05) is 7.11 Å². The third kappa shape index (κ3) is 2.48. The largest absolute Gasteiger partial charge is 0.469 e. The Balaban J connectivity index is 2.91. The number of hydrogen-bond donors (Lipinski definition) is 0. The zero-order chi connectivity index (χ0) is 10.6. The number of ether oxygens (including phenoxy) is 1. The molecule has 3 nitrogen and oxygen atoms in total. The predicted molar refractivity (Wildman–Crippen MR) is 51.9 cm³/mol. The van der Waals surface area contributed by atoms with E-state index in [0.717, 1.165) is 5.56 Å². The lowest BCUT2D eigenvalue weighted by Gasteiger charge is -2.01. The van der Waals surface area contributed by atoms with Crippen LogP contribution in [0.4, 0.5) is 0 Å². The number of rotatable bonds is 2. The summed E-state index contributed by atoms with van der Waals surface area (Å²) in [4.78, 5) is 10.9. The number of nitrogens with zero attached hydrogens (tertiary/aromatic N) is 1. The van der Waals surface area contributed by atoms with Gasteiger partial charge < -0.3 is 4.74 Å². The first-order valence-electron chi connectivity index (χ1n) is 3.92. The first-order valence-corrected chi connectivity index (χ1v) is 4.30. The van der Waals surface area contributed by atoms with Crippen LogP contribution in [0.15, 0.2) is 18.2 Å². The fraction of sp³-hybridized carbons (Fsp3) is 0.200. The van der Waals surface area contributed by atoms with Crippen LogP contribution in [0.3, 0.4) is 0 Å². The van der Waals surface area contributed by atoms with E-state index in [-0.39, 0.29) is 12.4 Å². The first-order chi connectivity index (χ1) is 6.67. The molecule has 4 heteroatoms. The van der Waals surface area contributed by atoms with Crippen molar-refractivity contribution in [2.24, 2.45) is 0 Å². The Labute approximate surface area is 86.9 Å². The number of benzene rings is 1. The molecule has 0 radical (unpaired) electrons. The van der Waals surface area contributed by atoms with E-state index < -0.39 is 0 Å². The van der Waals surface area contributed by atoms with Gasteiger partial charge in [-0.15, -0.1) is 0 Å². The monoisotopic (exact) mass is 209 g/mol. The van der Waals surface area contributed by atoms with Crippen LogP contribution < -0.4 is 0 Å². The Morgan fingerprint density at radius 3 is 2.93 bits per heavy atom. The van der Waals surface area contributed by atoms with Gasteiger partial charge in [0.15, 0.2) is 0 Å². The normalized spacial score (nSPS) is 9.21. The molecule has 0 fully saturated rings. The SMILES string of the molecule is COC(=O)Cc1ccc(Cl)c(C#N)c1. The van der Waals surface area contributed by atoms with Crippen LogP contribution in [0, 0.1) is 11.3 Å². The van der Waals surface area contributed by atoms with Crippen LogP contribution in [-0.4, -0.2) is 13.1 Å². The van der Waals surface area contributed by atoms with Crippen LogP contribution in [0.2, 0.25) is 5.02 Å². The highest BCUT2D eigenvalue weighted by molar-refractivity contribution is 6.31. The van der Waals surface area contributed by atoms with Crippen LogP contribution in [0.25, 0.3) is 0 Å². The van der Waals surface area contributed by atoms with Crippen molar-refractivity contribution in [3.05, 3.63) is 34.3 Å². The molecule has 0 N–H and O–H groups in total. The lowest BCUT2D eigenvalue weighted by Crippen LogP contribution is -2.04. The number of hydrogen-bond acceptors (Lipinski definition) is 3. The number of carbonyl (C=O) groups is 1. The summed E-state index contributed by atoms with van der Waals surface area (Å²) in [5.41, 5.74) is 1.09. The topological polar surface area (TPSA) is 50.1 Å². The Morgan fingerprint density at radius 1 is 1.64 bits per heavy atom. The van der Waals surface area contributed by atoms with Crippen molar-refractivity contribution in [3.63, 3.8) is 0 Å². The summed E-state index contributed by atoms with van der Waals surface area (Å²) >= 11 is 5.73. The summed E-state index contributed by atoms with van der Waals surface area (Å²) < 4.78 is 4.50. The average molecular weight is 210 g/mol. The van der Waals surface area contributed by atoms with Gasteiger partial charge in [-0.25, -0.2) is 0 Å². The summed E-state index contributed by atoms with van der Waals surface area (Å²) in [6, 6.07) is 6.82. The Bertz CT molecular complexity index is 396. The quantitative estimate of drug-likeness (QED) is 0.700. The summed E-state index contributed by atoms with van der Waals surface area (Å²) in [6.07, 6.45) is 0.155. The van der Waals surface area contributed by atoms with Gasteiger partial charge in [-0.3, -0.25) is 4.79 Å². The van der Waals surface area contributed by atoms with Gasteiger partial charge in [-0.2, -0.15) is 5.26 Å². The van der Waals surface area contributed by atoms with Crippen molar-refractivity contribution in [2.45, 2.75) is 6.42 Å². The average Bonchev–Trinajstić information content (AvgIpc) is 2.20. The molecule has 0 heterocycles. The van der Waals surface area contributed by atoms with Crippen LogP contribution in [-0.2, 0) is 16.0 Å². The fourth-order valence-corrected chi connectivity index (χ4v) is 1.17. The molecule has 1 aromatic carbocycles. The minimum atomic E-state index is -0.337. The highest BCUT2D eigenvalue weighted by Gasteiger charge is 2.05. The Hall–Kier alpha value is -1.53.